The summed E-state index contributed by atoms with van der Waals surface area (Å²) in [6.45, 7) is 3.38. The van der Waals surface area contributed by atoms with E-state index in [1.807, 2.05) is 18.2 Å². The summed E-state index contributed by atoms with van der Waals surface area (Å²) in [5.41, 5.74) is 1.77. The quantitative estimate of drug-likeness (QED) is 0.616. The van der Waals surface area contributed by atoms with Gasteiger partial charge >= 0.3 is 0 Å². The van der Waals surface area contributed by atoms with Crippen molar-refractivity contribution in [2.24, 2.45) is 5.92 Å². The smallest absolute Gasteiger partial charge is 0.291 e. The maximum Gasteiger partial charge on any atom is 0.291 e. The number of nitrogens with zero attached hydrogens (tertiary/aromatic N) is 1. The largest absolute Gasteiger partial charge is 0.451 e. The van der Waals surface area contributed by atoms with E-state index < -0.39 is 15.9 Å². The topological polar surface area (TPSA) is 88.8 Å². The van der Waals surface area contributed by atoms with Gasteiger partial charge in [0.15, 0.2) is 5.76 Å². The van der Waals surface area contributed by atoms with Crippen LogP contribution in [0.5, 0.6) is 0 Å². The lowest BCUT2D eigenvalue weighted by Crippen LogP contribution is -2.39. The monoisotopic (exact) mass is 442 g/mol. The van der Waals surface area contributed by atoms with Crippen LogP contribution in [0.3, 0.4) is 0 Å². The van der Waals surface area contributed by atoms with Crippen molar-refractivity contribution in [3.05, 3.63) is 59.9 Å². The minimum atomic E-state index is -3.54. The maximum absolute atomic E-state index is 12.9. The average Bonchev–Trinajstić information content (AvgIpc) is 3.13. The van der Waals surface area contributed by atoms with Gasteiger partial charge in [-0.15, -0.1) is 0 Å². The predicted molar refractivity (Wildman–Crippen MR) is 118 cm³/mol. The fraction of sp³-hybridized carbons (Fsp3) is 0.348. The SMILES string of the molecule is COCc1c(C(=O)Nc2ccc(S(=O)(=O)N3CCCC(C)C3)cc2)oc2ccccc12. The van der Waals surface area contributed by atoms with Crippen molar-refractivity contribution in [3.8, 4) is 0 Å². The van der Waals surface area contributed by atoms with Crippen LogP contribution in [0.1, 0.15) is 35.9 Å². The molecule has 0 spiro atoms. The second-order valence-electron chi connectivity index (χ2n) is 7.93. The number of piperidine rings is 1. The Morgan fingerprint density at radius 3 is 2.65 bits per heavy atom. The predicted octanol–water partition coefficient (Wildman–Crippen LogP) is 4.25. The summed E-state index contributed by atoms with van der Waals surface area (Å²) < 4.78 is 38.4. The Hall–Kier alpha value is -2.68. The van der Waals surface area contributed by atoms with E-state index in [0.717, 1.165) is 18.2 Å². The Morgan fingerprint density at radius 2 is 1.94 bits per heavy atom. The Morgan fingerprint density at radius 1 is 1.19 bits per heavy atom. The van der Waals surface area contributed by atoms with E-state index in [1.165, 1.54) is 12.1 Å². The highest BCUT2D eigenvalue weighted by atomic mass is 32.2. The second kappa shape index (κ2) is 8.82. The molecule has 1 N–H and O–H groups in total. The number of nitrogens with one attached hydrogen (secondary N) is 1. The number of furan rings is 1. The molecule has 3 aromatic rings. The highest BCUT2D eigenvalue weighted by Crippen LogP contribution is 2.28. The molecule has 0 bridgehead atoms. The number of methoxy groups -OCH3 is 1. The number of benzene rings is 2. The molecule has 1 aliphatic rings. The molecule has 4 rings (SSSR count). The number of fused-ring (bicyclic) bond motifs is 1. The number of sulfonamides is 1. The Balaban J connectivity index is 1.54. The van der Waals surface area contributed by atoms with Crippen LogP contribution in [0.4, 0.5) is 5.69 Å². The van der Waals surface area contributed by atoms with Gasteiger partial charge in [0.05, 0.1) is 11.5 Å². The van der Waals surface area contributed by atoms with Crippen LogP contribution < -0.4 is 5.32 Å². The van der Waals surface area contributed by atoms with Gasteiger partial charge in [-0.25, -0.2) is 8.42 Å². The highest BCUT2D eigenvalue weighted by Gasteiger charge is 2.28. The second-order valence-corrected chi connectivity index (χ2v) is 9.87. The highest BCUT2D eigenvalue weighted by molar-refractivity contribution is 7.89. The zero-order chi connectivity index (χ0) is 22.0. The summed E-state index contributed by atoms with van der Waals surface area (Å²) >= 11 is 0. The molecule has 1 atom stereocenters. The summed E-state index contributed by atoms with van der Waals surface area (Å²) in [4.78, 5) is 13.1. The maximum atomic E-state index is 12.9. The van der Waals surface area contributed by atoms with Crippen molar-refractivity contribution in [3.63, 3.8) is 0 Å². The molecule has 31 heavy (non-hydrogen) atoms. The number of amides is 1. The molecule has 164 valence electrons. The van der Waals surface area contributed by atoms with Crippen LogP contribution in [-0.2, 0) is 21.4 Å². The molecular formula is C23H26N2O5S. The number of anilines is 1. The molecule has 1 amide bonds. The number of hydrogen-bond donors (Lipinski definition) is 1. The fourth-order valence-corrected chi connectivity index (χ4v) is 5.58. The van der Waals surface area contributed by atoms with Crippen LogP contribution in [0.15, 0.2) is 57.8 Å². The molecular weight excluding hydrogens is 416 g/mol. The van der Waals surface area contributed by atoms with Gasteiger partial charge in [-0.1, -0.05) is 25.1 Å². The molecule has 0 saturated carbocycles. The van der Waals surface area contributed by atoms with Crippen molar-refractivity contribution >= 4 is 32.6 Å². The molecule has 2 aromatic carbocycles. The first-order valence-corrected chi connectivity index (χ1v) is 11.7. The number of carbonyl (C=O) groups is 1. The van der Waals surface area contributed by atoms with Gasteiger partial charge in [0.25, 0.3) is 5.91 Å². The van der Waals surface area contributed by atoms with Crippen molar-refractivity contribution in [1.29, 1.82) is 0 Å². The van der Waals surface area contributed by atoms with Gasteiger partial charge in [0, 0.05) is 36.8 Å². The minimum Gasteiger partial charge on any atom is -0.451 e. The van der Waals surface area contributed by atoms with Crippen LogP contribution in [-0.4, -0.2) is 38.8 Å². The first-order chi connectivity index (χ1) is 14.9. The molecule has 2 heterocycles. The molecule has 1 aliphatic heterocycles. The third-order valence-electron chi connectivity index (χ3n) is 5.56. The number of para-hydroxylation sites is 1. The summed E-state index contributed by atoms with van der Waals surface area (Å²) in [6, 6.07) is 13.6. The van der Waals surface area contributed by atoms with E-state index in [4.69, 9.17) is 9.15 Å². The third kappa shape index (κ3) is 4.37. The first-order valence-electron chi connectivity index (χ1n) is 10.3. The lowest BCUT2D eigenvalue weighted by atomic mass is 10.0. The van der Waals surface area contributed by atoms with E-state index in [2.05, 4.69) is 12.2 Å². The Labute approximate surface area is 182 Å². The van der Waals surface area contributed by atoms with E-state index in [0.29, 0.717) is 35.8 Å². The molecule has 1 aromatic heterocycles. The summed E-state index contributed by atoms with van der Waals surface area (Å²) in [5.74, 6) is 0.123. The van der Waals surface area contributed by atoms with Gasteiger partial charge in [-0.3, -0.25) is 4.79 Å². The number of rotatable bonds is 6. The lowest BCUT2D eigenvalue weighted by Gasteiger charge is -2.30. The van der Waals surface area contributed by atoms with Gasteiger partial charge in [0.2, 0.25) is 10.0 Å². The van der Waals surface area contributed by atoms with Crippen LogP contribution >= 0.6 is 0 Å². The van der Waals surface area contributed by atoms with E-state index in [-0.39, 0.29) is 17.3 Å². The van der Waals surface area contributed by atoms with Gasteiger partial charge in [-0.2, -0.15) is 4.31 Å². The van der Waals surface area contributed by atoms with E-state index in [9.17, 15) is 13.2 Å². The Bertz CT molecular complexity index is 1180. The summed E-state index contributed by atoms with van der Waals surface area (Å²) in [5, 5.41) is 3.61. The van der Waals surface area contributed by atoms with Crippen molar-refractivity contribution in [2.75, 3.05) is 25.5 Å². The normalized spacial score (nSPS) is 17.7. The molecule has 0 aliphatic carbocycles. The minimum absolute atomic E-state index is 0.182. The standard InChI is InChI=1S/C23H26N2O5S/c1-16-6-5-13-25(14-16)31(27,28)18-11-9-17(10-12-18)24-23(26)22-20(15-29-2)19-7-3-4-8-21(19)30-22/h3-4,7-12,16H,5-6,13-15H2,1-2H3,(H,24,26). The van der Waals surface area contributed by atoms with Crippen molar-refractivity contribution < 1.29 is 22.4 Å². The molecule has 7 nitrogen and oxygen atoms in total. The molecule has 8 heteroatoms. The zero-order valence-electron chi connectivity index (χ0n) is 17.6. The average molecular weight is 443 g/mol. The van der Waals surface area contributed by atoms with Crippen molar-refractivity contribution in [2.45, 2.75) is 31.3 Å². The Kier molecular flexibility index (Phi) is 6.13. The number of carbonyl (C=O) groups excluding carboxylic acids is 1. The molecule has 1 saturated heterocycles. The lowest BCUT2D eigenvalue weighted by molar-refractivity contribution is 0.0992. The van der Waals surface area contributed by atoms with Crippen molar-refractivity contribution in [1.82, 2.24) is 4.31 Å². The van der Waals surface area contributed by atoms with E-state index >= 15 is 0 Å². The number of ether oxygens (including phenoxy) is 1. The van der Waals surface area contributed by atoms with Gasteiger partial charge in [-0.05, 0) is 49.1 Å². The fourth-order valence-electron chi connectivity index (χ4n) is 3.98. The number of hydrogen-bond acceptors (Lipinski definition) is 5. The third-order valence-corrected chi connectivity index (χ3v) is 7.44. The molecule has 0 radical (unpaired) electrons. The summed E-state index contributed by atoms with van der Waals surface area (Å²) in [7, 11) is -1.98. The van der Waals surface area contributed by atoms with Crippen LogP contribution in [0.25, 0.3) is 11.0 Å². The molecule has 1 unspecified atom stereocenters. The van der Waals surface area contributed by atoms with Crippen LogP contribution in [0, 0.1) is 5.92 Å². The zero-order valence-corrected chi connectivity index (χ0v) is 18.4. The summed E-state index contributed by atoms with van der Waals surface area (Å²) in [6.07, 6.45) is 1.92. The molecule has 1 fully saturated rings. The first kappa shape index (κ1) is 21.5. The van der Waals surface area contributed by atoms with Gasteiger partial charge in [0.1, 0.15) is 5.58 Å². The van der Waals surface area contributed by atoms with E-state index in [1.54, 1.807) is 29.6 Å². The van der Waals surface area contributed by atoms with Crippen LogP contribution in [0.2, 0.25) is 0 Å². The van der Waals surface area contributed by atoms with Gasteiger partial charge < -0.3 is 14.5 Å².